The van der Waals surface area contributed by atoms with E-state index < -0.39 is 0 Å². The normalized spacial score (nSPS) is 9.78. The molecule has 2 nitrogen and oxygen atoms in total. The molecule has 0 bridgehead atoms. The molecule has 0 aromatic heterocycles. The fourth-order valence-electron chi connectivity index (χ4n) is 1.71. The highest BCUT2D eigenvalue weighted by molar-refractivity contribution is 5.75. The molecule has 0 atom stereocenters. The summed E-state index contributed by atoms with van der Waals surface area (Å²) in [5.41, 5.74) is 2.56. The lowest BCUT2D eigenvalue weighted by molar-refractivity contribution is -0.121. The van der Waals surface area contributed by atoms with Crippen LogP contribution in [0.1, 0.15) is 36.8 Å². The second-order valence-electron chi connectivity index (χ2n) is 4.50. The number of rotatable bonds is 7. The van der Waals surface area contributed by atoms with Gasteiger partial charge in [-0.1, -0.05) is 29.8 Å². The van der Waals surface area contributed by atoms with Crippen molar-refractivity contribution in [1.82, 2.24) is 5.32 Å². The smallest absolute Gasteiger partial charge is 0.220 e. The third-order valence-corrected chi connectivity index (χ3v) is 2.81. The monoisotopic (exact) mass is 243 g/mol. The molecule has 0 aliphatic heterocycles. The third-order valence-electron chi connectivity index (χ3n) is 2.81. The van der Waals surface area contributed by atoms with Crippen molar-refractivity contribution in [1.29, 1.82) is 0 Å². The number of benzene rings is 1. The fraction of sp³-hybridized carbons (Fsp3) is 0.438. The van der Waals surface area contributed by atoms with Crippen LogP contribution in [-0.2, 0) is 11.2 Å². The van der Waals surface area contributed by atoms with Gasteiger partial charge in [0.05, 0.1) is 0 Å². The standard InChI is InChI=1S/C16H21NO/c1-3-4-5-13-17-16(18)8-6-7-15-11-9-14(2)10-12-15/h1,9-12H,4-8,13H2,2H3,(H,17,18). The maximum atomic E-state index is 11.5. The SMILES string of the molecule is C#CCCCNC(=O)CCCc1ccc(C)cc1. The first-order chi connectivity index (χ1) is 8.72. The molecule has 0 heterocycles. The van der Waals surface area contributed by atoms with E-state index >= 15 is 0 Å². The zero-order chi connectivity index (χ0) is 13.2. The van der Waals surface area contributed by atoms with Gasteiger partial charge in [0.1, 0.15) is 0 Å². The summed E-state index contributed by atoms with van der Waals surface area (Å²) in [4.78, 5) is 11.5. The van der Waals surface area contributed by atoms with Gasteiger partial charge in [-0.3, -0.25) is 4.79 Å². The molecule has 0 spiro atoms. The second kappa shape index (κ2) is 8.36. The average molecular weight is 243 g/mol. The van der Waals surface area contributed by atoms with Crippen molar-refractivity contribution in [3.05, 3.63) is 35.4 Å². The number of carbonyl (C=O) groups excluding carboxylic acids is 1. The van der Waals surface area contributed by atoms with Crippen molar-refractivity contribution in [3.63, 3.8) is 0 Å². The van der Waals surface area contributed by atoms with Gasteiger partial charge in [0.2, 0.25) is 5.91 Å². The minimum absolute atomic E-state index is 0.124. The topological polar surface area (TPSA) is 29.1 Å². The number of unbranched alkanes of at least 4 members (excludes halogenated alkanes) is 1. The van der Waals surface area contributed by atoms with Crippen molar-refractivity contribution in [3.8, 4) is 12.3 Å². The number of amides is 1. The molecule has 1 aromatic carbocycles. The third kappa shape index (κ3) is 6.10. The lowest BCUT2D eigenvalue weighted by atomic mass is 10.1. The van der Waals surface area contributed by atoms with Crippen molar-refractivity contribution in [2.75, 3.05) is 6.54 Å². The largest absolute Gasteiger partial charge is 0.356 e. The Morgan fingerprint density at radius 3 is 2.67 bits per heavy atom. The summed E-state index contributed by atoms with van der Waals surface area (Å²) in [5, 5.41) is 2.88. The van der Waals surface area contributed by atoms with Crippen molar-refractivity contribution in [2.45, 2.75) is 39.0 Å². The van der Waals surface area contributed by atoms with Crippen LogP contribution in [-0.4, -0.2) is 12.5 Å². The number of aryl methyl sites for hydroxylation is 2. The Morgan fingerprint density at radius 1 is 1.28 bits per heavy atom. The maximum Gasteiger partial charge on any atom is 0.220 e. The zero-order valence-electron chi connectivity index (χ0n) is 11.0. The van der Waals surface area contributed by atoms with Crippen LogP contribution < -0.4 is 5.32 Å². The number of nitrogens with one attached hydrogen (secondary N) is 1. The average Bonchev–Trinajstić information content (AvgIpc) is 2.37. The highest BCUT2D eigenvalue weighted by Gasteiger charge is 2.00. The van der Waals surface area contributed by atoms with E-state index in [9.17, 15) is 4.79 Å². The van der Waals surface area contributed by atoms with E-state index in [2.05, 4.69) is 42.4 Å². The summed E-state index contributed by atoms with van der Waals surface area (Å²) >= 11 is 0. The van der Waals surface area contributed by atoms with Gasteiger partial charge in [-0.25, -0.2) is 0 Å². The Kier molecular flexibility index (Phi) is 6.64. The molecule has 2 heteroatoms. The zero-order valence-corrected chi connectivity index (χ0v) is 11.0. The van der Waals surface area contributed by atoms with Crippen molar-refractivity contribution < 1.29 is 4.79 Å². The molecule has 0 saturated heterocycles. The molecule has 0 saturated carbocycles. The predicted octanol–water partition coefficient (Wildman–Crippen LogP) is 2.85. The predicted molar refractivity (Wildman–Crippen MR) is 75.2 cm³/mol. The minimum atomic E-state index is 0.124. The Bertz CT molecular complexity index is 400. The summed E-state index contributed by atoms with van der Waals surface area (Å²) in [6.45, 7) is 2.76. The van der Waals surface area contributed by atoms with E-state index in [4.69, 9.17) is 6.42 Å². The minimum Gasteiger partial charge on any atom is -0.356 e. The number of hydrogen-bond acceptors (Lipinski definition) is 1. The van der Waals surface area contributed by atoms with E-state index in [0.717, 1.165) is 25.7 Å². The van der Waals surface area contributed by atoms with Gasteiger partial charge in [-0.15, -0.1) is 12.3 Å². The van der Waals surface area contributed by atoms with E-state index in [1.54, 1.807) is 0 Å². The highest BCUT2D eigenvalue weighted by atomic mass is 16.1. The Hall–Kier alpha value is -1.75. The maximum absolute atomic E-state index is 11.5. The molecular formula is C16H21NO. The Labute approximate surface area is 110 Å². The van der Waals surface area contributed by atoms with E-state index in [1.807, 2.05) is 0 Å². The molecule has 0 aliphatic rings. The van der Waals surface area contributed by atoms with Crippen LogP contribution in [0.4, 0.5) is 0 Å². The lowest BCUT2D eigenvalue weighted by Crippen LogP contribution is -2.24. The molecule has 1 aromatic rings. The molecular weight excluding hydrogens is 222 g/mol. The first-order valence-electron chi connectivity index (χ1n) is 6.48. The number of carbonyl (C=O) groups is 1. The van der Waals surface area contributed by atoms with Gasteiger partial charge in [-0.2, -0.15) is 0 Å². The highest BCUT2D eigenvalue weighted by Crippen LogP contribution is 2.07. The van der Waals surface area contributed by atoms with Gasteiger partial charge in [0.15, 0.2) is 0 Å². The molecule has 0 aliphatic carbocycles. The van der Waals surface area contributed by atoms with Crippen LogP contribution in [0.5, 0.6) is 0 Å². The first-order valence-corrected chi connectivity index (χ1v) is 6.48. The molecule has 1 amide bonds. The van der Waals surface area contributed by atoms with Crippen LogP contribution in [0.25, 0.3) is 0 Å². The molecule has 18 heavy (non-hydrogen) atoms. The lowest BCUT2D eigenvalue weighted by Gasteiger charge is -2.04. The number of hydrogen-bond donors (Lipinski definition) is 1. The summed E-state index contributed by atoms with van der Waals surface area (Å²) in [6, 6.07) is 8.46. The van der Waals surface area contributed by atoms with Crippen molar-refractivity contribution in [2.24, 2.45) is 0 Å². The van der Waals surface area contributed by atoms with Gasteiger partial charge in [0, 0.05) is 19.4 Å². The molecule has 0 fully saturated rings. The van der Waals surface area contributed by atoms with Gasteiger partial charge in [-0.05, 0) is 31.7 Å². The summed E-state index contributed by atoms with van der Waals surface area (Å²) in [6.07, 6.45) is 9.16. The van der Waals surface area contributed by atoms with Crippen LogP contribution in [0.15, 0.2) is 24.3 Å². The first kappa shape index (κ1) is 14.3. The molecule has 1 N–H and O–H groups in total. The van der Waals surface area contributed by atoms with Crippen LogP contribution in [0.3, 0.4) is 0 Å². The molecule has 0 radical (unpaired) electrons. The Balaban J connectivity index is 2.12. The van der Waals surface area contributed by atoms with E-state index in [-0.39, 0.29) is 5.91 Å². The van der Waals surface area contributed by atoms with Gasteiger partial charge in [0.25, 0.3) is 0 Å². The van der Waals surface area contributed by atoms with E-state index in [1.165, 1.54) is 11.1 Å². The number of terminal acetylenes is 1. The molecule has 1 rings (SSSR count). The molecule has 0 unspecified atom stereocenters. The Morgan fingerprint density at radius 2 is 2.00 bits per heavy atom. The fourth-order valence-corrected chi connectivity index (χ4v) is 1.71. The van der Waals surface area contributed by atoms with Crippen LogP contribution >= 0.6 is 0 Å². The van der Waals surface area contributed by atoms with Crippen LogP contribution in [0.2, 0.25) is 0 Å². The quantitative estimate of drug-likeness (QED) is 0.579. The van der Waals surface area contributed by atoms with Gasteiger partial charge >= 0.3 is 0 Å². The van der Waals surface area contributed by atoms with Crippen molar-refractivity contribution >= 4 is 5.91 Å². The molecule has 96 valence electrons. The summed E-state index contributed by atoms with van der Waals surface area (Å²) in [7, 11) is 0. The van der Waals surface area contributed by atoms with E-state index in [0.29, 0.717) is 13.0 Å². The summed E-state index contributed by atoms with van der Waals surface area (Å²) < 4.78 is 0. The van der Waals surface area contributed by atoms with Gasteiger partial charge < -0.3 is 5.32 Å². The van der Waals surface area contributed by atoms with Crippen LogP contribution in [0, 0.1) is 19.3 Å². The summed E-state index contributed by atoms with van der Waals surface area (Å²) in [5.74, 6) is 2.68. The second-order valence-corrected chi connectivity index (χ2v) is 4.50.